The van der Waals surface area contributed by atoms with Crippen molar-refractivity contribution in [1.82, 2.24) is 0 Å². The smallest absolute Gasteiger partial charge is 0.338 e. The average molecular weight is 263 g/mol. The third kappa shape index (κ3) is 2.86. The Labute approximate surface area is 106 Å². The molecule has 0 saturated heterocycles. The van der Waals surface area contributed by atoms with Crippen molar-refractivity contribution in [2.45, 2.75) is 0 Å². The van der Waals surface area contributed by atoms with E-state index in [0.29, 0.717) is 11.4 Å². The van der Waals surface area contributed by atoms with Gasteiger partial charge in [-0.15, -0.1) is 11.3 Å². The topological polar surface area (TPSA) is 79.5 Å². The second-order valence-electron chi connectivity index (χ2n) is 3.34. The molecule has 0 aliphatic heterocycles. The zero-order chi connectivity index (χ0) is 13.0. The molecule has 18 heavy (non-hydrogen) atoms. The van der Waals surface area contributed by atoms with Crippen LogP contribution in [0.25, 0.3) is 6.08 Å². The number of nitrogens with one attached hydrogen (secondary N) is 1. The van der Waals surface area contributed by atoms with E-state index in [4.69, 9.17) is 9.52 Å². The Morgan fingerprint density at radius 2 is 2.22 bits per heavy atom. The predicted molar refractivity (Wildman–Crippen MR) is 67.7 cm³/mol. The van der Waals surface area contributed by atoms with Crippen molar-refractivity contribution in [1.29, 1.82) is 0 Å². The summed E-state index contributed by atoms with van der Waals surface area (Å²) in [5.74, 6) is -0.928. The molecule has 0 unspecified atom stereocenters. The Hall–Kier alpha value is -2.34. The van der Waals surface area contributed by atoms with Crippen LogP contribution in [0.3, 0.4) is 0 Å². The van der Waals surface area contributed by atoms with Crippen molar-refractivity contribution in [3.63, 3.8) is 0 Å². The van der Waals surface area contributed by atoms with Crippen molar-refractivity contribution < 1.29 is 19.1 Å². The molecule has 0 aliphatic carbocycles. The second kappa shape index (κ2) is 5.33. The molecule has 0 aromatic carbocycles. The van der Waals surface area contributed by atoms with Crippen LogP contribution in [-0.2, 0) is 4.79 Å². The fourth-order valence-electron chi connectivity index (χ4n) is 1.28. The summed E-state index contributed by atoms with van der Waals surface area (Å²) >= 11 is 1.21. The van der Waals surface area contributed by atoms with Gasteiger partial charge in [-0.1, -0.05) is 0 Å². The molecular formula is C12H9NO4S. The maximum atomic E-state index is 11.6. The van der Waals surface area contributed by atoms with Crippen LogP contribution in [0.1, 0.15) is 16.1 Å². The third-order valence-corrected chi connectivity index (χ3v) is 2.84. The first-order valence-corrected chi connectivity index (χ1v) is 5.93. The van der Waals surface area contributed by atoms with E-state index in [9.17, 15) is 9.59 Å². The number of anilines is 1. The Morgan fingerprint density at radius 3 is 2.89 bits per heavy atom. The van der Waals surface area contributed by atoms with Crippen molar-refractivity contribution in [2.75, 3.05) is 5.32 Å². The summed E-state index contributed by atoms with van der Waals surface area (Å²) in [5.41, 5.74) is 0.376. The largest absolute Gasteiger partial charge is 0.478 e. The lowest BCUT2D eigenvalue weighted by Crippen LogP contribution is -2.10. The maximum absolute atomic E-state index is 11.6. The molecule has 0 bridgehead atoms. The van der Waals surface area contributed by atoms with E-state index in [-0.39, 0.29) is 5.56 Å². The highest BCUT2D eigenvalue weighted by molar-refractivity contribution is 7.08. The average Bonchev–Trinajstić information content (AvgIpc) is 2.96. The molecule has 2 aromatic heterocycles. The monoisotopic (exact) mass is 263 g/mol. The van der Waals surface area contributed by atoms with Gasteiger partial charge in [0.1, 0.15) is 5.76 Å². The number of carboxylic acid groups (broad SMARTS) is 1. The number of amides is 1. The number of hydrogen-bond acceptors (Lipinski definition) is 4. The standard InChI is InChI=1S/C12H9NO4S/c14-11(4-3-8-2-1-5-17-8)13-10-7-18-6-9(10)12(15)16/h1-7H,(H,13,14)(H,15,16)/b4-3+. The van der Waals surface area contributed by atoms with Gasteiger partial charge in [0, 0.05) is 16.8 Å². The number of thiophene rings is 1. The van der Waals surface area contributed by atoms with Crippen LogP contribution in [0.4, 0.5) is 5.69 Å². The molecule has 1 amide bonds. The summed E-state index contributed by atoms with van der Waals surface area (Å²) in [4.78, 5) is 22.4. The minimum Gasteiger partial charge on any atom is -0.478 e. The molecule has 5 nitrogen and oxygen atoms in total. The molecule has 92 valence electrons. The highest BCUT2D eigenvalue weighted by atomic mass is 32.1. The zero-order valence-corrected chi connectivity index (χ0v) is 9.94. The molecule has 6 heteroatoms. The van der Waals surface area contributed by atoms with Crippen molar-refractivity contribution in [3.05, 3.63) is 46.6 Å². The molecule has 2 rings (SSSR count). The first-order chi connectivity index (χ1) is 8.66. The Bertz CT molecular complexity index is 583. The fourth-order valence-corrected chi connectivity index (χ4v) is 2.03. The van der Waals surface area contributed by atoms with Gasteiger partial charge >= 0.3 is 5.97 Å². The second-order valence-corrected chi connectivity index (χ2v) is 4.09. The predicted octanol–water partition coefficient (Wildman–Crippen LogP) is 2.69. The SMILES string of the molecule is O=C(/C=C/c1ccco1)Nc1cscc1C(=O)O. The summed E-state index contributed by atoms with van der Waals surface area (Å²) in [6.45, 7) is 0. The van der Waals surface area contributed by atoms with E-state index in [0.717, 1.165) is 0 Å². The lowest BCUT2D eigenvalue weighted by atomic mass is 10.3. The van der Waals surface area contributed by atoms with E-state index in [1.54, 1.807) is 17.5 Å². The number of carbonyl (C=O) groups is 2. The van der Waals surface area contributed by atoms with Crippen LogP contribution in [0.5, 0.6) is 0 Å². The van der Waals surface area contributed by atoms with Gasteiger partial charge < -0.3 is 14.8 Å². The van der Waals surface area contributed by atoms with Gasteiger partial charge in [-0.05, 0) is 18.2 Å². The summed E-state index contributed by atoms with van der Waals surface area (Å²) in [6, 6.07) is 3.41. The van der Waals surface area contributed by atoms with Gasteiger partial charge in [0.25, 0.3) is 0 Å². The first kappa shape index (κ1) is 12.1. The normalized spacial score (nSPS) is 10.7. The minimum atomic E-state index is -1.07. The van der Waals surface area contributed by atoms with Gasteiger partial charge in [0.05, 0.1) is 17.5 Å². The molecule has 0 aliphatic rings. The molecule has 0 radical (unpaired) electrons. The Balaban J connectivity index is 2.03. The molecule has 0 spiro atoms. The zero-order valence-electron chi connectivity index (χ0n) is 9.12. The minimum absolute atomic E-state index is 0.0831. The molecule has 0 fully saturated rings. The molecule has 2 aromatic rings. The lowest BCUT2D eigenvalue weighted by Gasteiger charge is -2.00. The number of rotatable bonds is 4. The number of aromatic carboxylic acids is 1. The lowest BCUT2D eigenvalue weighted by molar-refractivity contribution is -0.111. The molecule has 0 atom stereocenters. The van der Waals surface area contributed by atoms with Crippen LogP contribution in [0.15, 0.2) is 39.6 Å². The molecule has 2 N–H and O–H groups in total. The van der Waals surface area contributed by atoms with Crippen LogP contribution in [-0.4, -0.2) is 17.0 Å². The van der Waals surface area contributed by atoms with Crippen LogP contribution < -0.4 is 5.32 Å². The van der Waals surface area contributed by atoms with Gasteiger partial charge in [-0.25, -0.2) is 4.79 Å². The highest BCUT2D eigenvalue weighted by Crippen LogP contribution is 2.20. The molecular weight excluding hydrogens is 254 g/mol. The number of carbonyl (C=O) groups excluding carboxylic acids is 1. The van der Waals surface area contributed by atoms with E-state index in [1.807, 2.05) is 0 Å². The quantitative estimate of drug-likeness (QED) is 0.831. The van der Waals surface area contributed by atoms with Crippen LogP contribution in [0.2, 0.25) is 0 Å². The molecule has 2 heterocycles. The fraction of sp³-hybridized carbons (Fsp3) is 0. The van der Waals surface area contributed by atoms with Gasteiger partial charge in [0.15, 0.2) is 0 Å². The van der Waals surface area contributed by atoms with Gasteiger partial charge in [-0.3, -0.25) is 4.79 Å². The maximum Gasteiger partial charge on any atom is 0.338 e. The van der Waals surface area contributed by atoms with E-state index in [1.165, 1.54) is 35.1 Å². The molecule has 0 saturated carbocycles. The first-order valence-electron chi connectivity index (χ1n) is 4.99. The summed E-state index contributed by atoms with van der Waals surface area (Å²) in [5, 5.41) is 14.4. The van der Waals surface area contributed by atoms with Gasteiger partial charge in [0.2, 0.25) is 5.91 Å². The number of hydrogen-bond donors (Lipinski definition) is 2. The van der Waals surface area contributed by atoms with Gasteiger partial charge in [-0.2, -0.15) is 0 Å². The van der Waals surface area contributed by atoms with Crippen LogP contribution >= 0.6 is 11.3 Å². The Kier molecular flexibility index (Phi) is 3.59. The summed E-state index contributed by atoms with van der Waals surface area (Å²) in [6.07, 6.45) is 4.28. The third-order valence-electron chi connectivity index (χ3n) is 2.09. The van der Waals surface area contributed by atoms with Crippen molar-refractivity contribution >= 4 is 35.0 Å². The summed E-state index contributed by atoms with van der Waals surface area (Å²) in [7, 11) is 0. The summed E-state index contributed by atoms with van der Waals surface area (Å²) < 4.78 is 5.02. The van der Waals surface area contributed by atoms with Crippen molar-refractivity contribution in [2.24, 2.45) is 0 Å². The van der Waals surface area contributed by atoms with Crippen LogP contribution in [0, 0.1) is 0 Å². The highest BCUT2D eigenvalue weighted by Gasteiger charge is 2.12. The number of furan rings is 1. The van der Waals surface area contributed by atoms with E-state index >= 15 is 0 Å². The van der Waals surface area contributed by atoms with E-state index in [2.05, 4.69) is 5.32 Å². The number of carboxylic acids is 1. The van der Waals surface area contributed by atoms with E-state index < -0.39 is 11.9 Å². The van der Waals surface area contributed by atoms with Crippen molar-refractivity contribution in [3.8, 4) is 0 Å². The Morgan fingerprint density at radius 1 is 1.39 bits per heavy atom.